The number of carbonyl (C=O) groups is 1. The minimum Gasteiger partial charge on any atom is -0.423 e. The van der Waals surface area contributed by atoms with Gasteiger partial charge in [-0.1, -0.05) is 12.5 Å². The number of nitrogens with zero attached hydrogens (tertiary/aromatic N) is 3. The molecule has 5 heterocycles. The van der Waals surface area contributed by atoms with Crippen LogP contribution in [0.15, 0.2) is 22.6 Å². The first-order valence-electron chi connectivity index (χ1n) is 12.1. The summed E-state index contributed by atoms with van der Waals surface area (Å²) in [7, 11) is 2.23. The average molecular weight is 441 g/mol. The number of ether oxygens (including phenoxy) is 2. The van der Waals surface area contributed by atoms with Crippen LogP contribution in [0, 0.1) is 0 Å². The fourth-order valence-electron chi connectivity index (χ4n) is 6.08. The van der Waals surface area contributed by atoms with Gasteiger partial charge in [0.2, 0.25) is 0 Å². The highest BCUT2D eigenvalue weighted by molar-refractivity contribution is 6.04. The number of piperidine rings is 3. The number of anilines is 1. The number of oxazole rings is 1. The molecule has 172 valence electrons. The van der Waals surface area contributed by atoms with Crippen molar-refractivity contribution in [2.45, 2.75) is 68.9 Å². The van der Waals surface area contributed by atoms with Crippen molar-refractivity contribution < 1.29 is 18.7 Å². The third kappa shape index (κ3) is 3.58. The molecule has 1 aromatic heterocycles. The zero-order chi connectivity index (χ0) is 21.7. The monoisotopic (exact) mass is 440 g/mol. The summed E-state index contributed by atoms with van der Waals surface area (Å²) in [5.41, 5.74) is 1.89. The van der Waals surface area contributed by atoms with E-state index in [0.717, 1.165) is 38.8 Å². The Bertz CT molecular complexity index is 977. The molecule has 2 aromatic rings. The molecule has 4 saturated heterocycles. The number of aromatic nitrogens is 1. The predicted molar refractivity (Wildman–Crippen MR) is 120 cm³/mol. The van der Waals surface area contributed by atoms with E-state index in [0.29, 0.717) is 48.0 Å². The lowest BCUT2D eigenvalue weighted by atomic mass is 9.82. The second kappa shape index (κ2) is 8.01. The van der Waals surface area contributed by atoms with Gasteiger partial charge in [0.15, 0.2) is 11.4 Å². The van der Waals surface area contributed by atoms with Gasteiger partial charge in [0.05, 0.1) is 18.8 Å². The smallest absolute Gasteiger partial charge is 0.298 e. The summed E-state index contributed by atoms with van der Waals surface area (Å²) in [6, 6.07) is 7.57. The molecular formula is C24H32N4O4. The van der Waals surface area contributed by atoms with E-state index in [4.69, 9.17) is 18.9 Å². The van der Waals surface area contributed by atoms with Crippen LogP contribution in [0.3, 0.4) is 0 Å². The standard InChI is InChI=1S/C24H32N4O4/c1-27-17-4-2-5-18(27)15-16(14-17)25-22(29)19-6-3-7-20-21(19)26-23(32-20)28-10-8-24(9-11-28)30-12-13-31-24/h3,6-7,16-18H,2,4-5,8-15H2,1H3,(H,25,29). The average Bonchev–Trinajstić information content (AvgIpc) is 3.42. The quantitative estimate of drug-likeness (QED) is 0.786. The van der Waals surface area contributed by atoms with Gasteiger partial charge in [-0.2, -0.15) is 4.98 Å². The maximum Gasteiger partial charge on any atom is 0.298 e. The topological polar surface area (TPSA) is 80.1 Å². The molecule has 0 aliphatic carbocycles. The highest BCUT2D eigenvalue weighted by Gasteiger charge is 2.41. The lowest BCUT2D eigenvalue weighted by Crippen LogP contribution is -2.55. The van der Waals surface area contributed by atoms with E-state index in [2.05, 4.69) is 22.2 Å². The van der Waals surface area contributed by atoms with Crippen molar-refractivity contribution >= 4 is 23.0 Å². The number of hydrogen-bond donors (Lipinski definition) is 1. The zero-order valence-electron chi connectivity index (χ0n) is 18.7. The molecule has 4 aliphatic rings. The van der Waals surface area contributed by atoms with E-state index in [-0.39, 0.29) is 11.9 Å². The van der Waals surface area contributed by atoms with E-state index in [9.17, 15) is 4.79 Å². The van der Waals surface area contributed by atoms with Crippen LogP contribution in [0.25, 0.3) is 11.1 Å². The van der Waals surface area contributed by atoms with Crippen molar-refractivity contribution in [2.75, 3.05) is 38.3 Å². The maximum absolute atomic E-state index is 13.2. The molecule has 2 bridgehead atoms. The summed E-state index contributed by atoms with van der Waals surface area (Å²) in [5.74, 6) is -0.478. The van der Waals surface area contributed by atoms with Gasteiger partial charge in [-0.3, -0.25) is 4.79 Å². The number of fused-ring (bicyclic) bond motifs is 3. The predicted octanol–water partition coefficient (Wildman–Crippen LogP) is 2.92. The van der Waals surface area contributed by atoms with Crippen molar-refractivity contribution in [3.05, 3.63) is 23.8 Å². The van der Waals surface area contributed by atoms with Gasteiger partial charge < -0.3 is 29.0 Å². The van der Waals surface area contributed by atoms with Crippen molar-refractivity contribution in [3.63, 3.8) is 0 Å². The van der Waals surface area contributed by atoms with Crippen LogP contribution in [-0.2, 0) is 9.47 Å². The van der Waals surface area contributed by atoms with E-state index in [1.54, 1.807) is 0 Å². The Kier molecular flexibility index (Phi) is 5.12. The van der Waals surface area contributed by atoms with E-state index < -0.39 is 5.79 Å². The van der Waals surface area contributed by atoms with Crippen LogP contribution in [0.4, 0.5) is 6.01 Å². The first kappa shape index (κ1) is 20.4. The highest BCUT2D eigenvalue weighted by atomic mass is 16.7. The fourth-order valence-corrected chi connectivity index (χ4v) is 6.08. The van der Waals surface area contributed by atoms with Crippen molar-refractivity contribution in [2.24, 2.45) is 0 Å². The molecule has 0 saturated carbocycles. The second-order valence-electron chi connectivity index (χ2n) is 9.79. The van der Waals surface area contributed by atoms with E-state index in [1.165, 1.54) is 19.3 Å². The van der Waals surface area contributed by atoms with Crippen molar-refractivity contribution in [1.29, 1.82) is 0 Å². The number of hydrogen-bond acceptors (Lipinski definition) is 7. The summed E-state index contributed by atoms with van der Waals surface area (Å²) >= 11 is 0. The second-order valence-corrected chi connectivity index (χ2v) is 9.79. The SMILES string of the molecule is CN1C2CCCC1CC(NC(=O)c1cccc3oc(N4CCC5(CC4)OCCO5)nc13)C2. The third-order valence-corrected chi connectivity index (χ3v) is 7.94. The van der Waals surface area contributed by atoms with Crippen LogP contribution >= 0.6 is 0 Å². The molecule has 0 radical (unpaired) electrons. The first-order valence-corrected chi connectivity index (χ1v) is 12.1. The van der Waals surface area contributed by atoms with Crippen molar-refractivity contribution in [1.82, 2.24) is 15.2 Å². The minimum atomic E-state index is -0.431. The third-order valence-electron chi connectivity index (χ3n) is 7.94. The number of para-hydroxylation sites is 1. The van der Waals surface area contributed by atoms with Crippen LogP contribution in [0.5, 0.6) is 0 Å². The van der Waals surface area contributed by atoms with Gasteiger partial charge in [0.25, 0.3) is 11.9 Å². The molecule has 1 spiro atoms. The normalized spacial score (nSPS) is 30.2. The van der Waals surface area contributed by atoms with Gasteiger partial charge in [0, 0.05) is 44.1 Å². The van der Waals surface area contributed by atoms with Gasteiger partial charge >= 0.3 is 0 Å². The van der Waals surface area contributed by atoms with Crippen LogP contribution in [0.2, 0.25) is 0 Å². The maximum atomic E-state index is 13.2. The largest absolute Gasteiger partial charge is 0.423 e. The summed E-state index contributed by atoms with van der Waals surface area (Å²) in [5, 5.41) is 3.30. The Labute approximate surface area is 188 Å². The molecule has 2 unspecified atom stereocenters. The lowest BCUT2D eigenvalue weighted by Gasteiger charge is -2.47. The molecule has 8 heteroatoms. The van der Waals surface area contributed by atoms with Gasteiger partial charge in [-0.15, -0.1) is 0 Å². The molecule has 1 N–H and O–H groups in total. The molecule has 4 aliphatic heterocycles. The summed E-state index contributed by atoms with van der Waals surface area (Å²) in [6.45, 7) is 2.85. The summed E-state index contributed by atoms with van der Waals surface area (Å²) in [6.07, 6.45) is 7.40. The molecule has 2 atom stereocenters. The van der Waals surface area contributed by atoms with Crippen LogP contribution < -0.4 is 10.2 Å². The van der Waals surface area contributed by atoms with Crippen molar-refractivity contribution in [3.8, 4) is 0 Å². The van der Waals surface area contributed by atoms with Gasteiger partial charge in [-0.25, -0.2) is 0 Å². The van der Waals surface area contributed by atoms with Gasteiger partial charge in [-0.05, 0) is 44.9 Å². The molecule has 1 amide bonds. The fraction of sp³-hybridized carbons (Fsp3) is 0.667. The highest BCUT2D eigenvalue weighted by Crippen LogP contribution is 2.35. The molecule has 4 fully saturated rings. The molecule has 6 rings (SSSR count). The summed E-state index contributed by atoms with van der Waals surface area (Å²) < 4.78 is 17.7. The molecular weight excluding hydrogens is 408 g/mol. The Hall–Kier alpha value is -2.16. The molecule has 32 heavy (non-hydrogen) atoms. The van der Waals surface area contributed by atoms with E-state index >= 15 is 0 Å². The number of benzene rings is 1. The summed E-state index contributed by atoms with van der Waals surface area (Å²) in [4.78, 5) is 22.6. The molecule has 1 aromatic carbocycles. The first-order chi connectivity index (χ1) is 15.6. The zero-order valence-corrected chi connectivity index (χ0v) is 18.7. The van der Waals surface area contributed by atoms with Gasteiger partial charge in [0.1, 0.15) is 5.52 Å². The van der Waals surface area contributed by atoms with Crippen LogP contribution in [-0.4, -0.2) is 73.1 Å². The number of carbonyl (C=O) groups excluding carboxylic acids is 1. The Morgan fingerprint density at radius 3 is 2.56 bits per heavy atom. The Morgan fingerprint density at radius 1 is 1.12 bits per heavy atom. The molecule has 8 nitrogen and oxygen atoms in total. The van der Waals surface area contributed by atoms with Crippen LogP contribution in [0.1, 0.15) is 55.3 Å². The Balaban J connectivity index is 1.17. The Morgan fingerprint density at radius 2 is 1.84 bits per heavy atom. The minimum absolute atomic E-state index is 0.0478. The number of nitrogens with one attached hydrogen (secondary N) is 1. The lowest BCUT2D eigenvalue weighted by molar-refractivity contribution is -0.169. The number of rotatable bonds is 3. The number of amides is 1. The van der Waals surface area contributed by atoms with E-state index in [1.807, 2.05) is 18.2 Å².